The highest BCUT2D eigenvalue weighted by Gasteiger charge is 2.23. The number of nitrogens with one attached hydrogen (secondary N) is 2. The highest BCUT2D eigenvalue weighted by Crippen LogP contribution is 2.12. The van der Waals surface area contributed by atoms with Gasteiger partial charge in [0.1, 0.15) is 0 Å². The molecular formula is C11H22N2O. The summed E-state index contributed by atoms with van der Waals surface area (Å²) in [6, 6.07) is 0.524. The molecular weight excluding hydrogens is 176 g/mol. The van der Waals surface area contributed by atoms with Gasteiger partial charge in [-0.15, -0.1) is 0 Å². The number of carbonyl (C=O) groups excluding carboxylic acids is 1. The third-order valence-electron chi connectivity index (χ3n) is 2.62. The highest BCUT2D eigenvalue weighted by molar-refractivity contribution is 5.81. The van der Waals surface area contributed by atoms with Crippen LogP contribution in [0.4, 0.5) is 0 Å². The molecule has 2 unspecified atom stereocenters. The summed E-state index contributed by atoms with van der Waals surface area (Å²) in [5.41, 5.74) is 0. The van der Waals surface area contributed by atoms with Crippen LogP contribution < -0.4 is 10.6 Å². The zero-order valence-electron chi connectivity index (χ0n) is 9.47. The first-order chi connectivity index (χ1) is 6.59. The van der Waals surface area contributed by atoms with Crippen LogP contribution in [0.1, 0.15) is 40.0 Å². The van der Waals surface area contributed by atoms with Crippen LogP contribution in [0.25, 0.3) is 0 Å². The molecule has 3 nitrogen and oxygen atoms in total. The minimum Gasteiger partial charge on any atom is -0.354 e. The molecule has 0 aliphatic carbocycles. The average Bonchev–Trinajstić information content (AvgIpc) is 2.14. The molecule has 0 radical (unpaired) electrons. The Bertz CT molecular complexity index is 192. The summed E-state index contributed by atoms with van der Waals surface area (Å²) in [7, 11) is 0. The van der Waals surface area contributed by atoms with E-state index >= 15 is 0 Å². The van der Waals surface area contributed by atoms with Gasteiger partial charge in [-0.05, 0) is 32.1 Å². The maximum atomic E-state index is 11.7. The number of hydrogen-bond acceptors (Lipinski definition) is 2. The van der Waals surface area contributed by atoms with Gasteiger partial charge in [-0.3, -0.25) is 4.79 Å². The number of rotatable bonds is 3. The number of piperidine rings is 1. The molecule has 1 fully saturated rings. The normalized spacial score (nSPS) is 27.7. The summed E-state index contributed by atoms with van der Waals surface area (Å²) in [6.07, 6.45) is 3.33. The van der Waals surface area contributed by atoms with E-state index in [1.165, 1.54) is 6.42 Å². The molecule has 1 rings (SSSR count). The second kappa shape index (κ2) is 5.35. The fourth-order valence-corrected chi connectivity index (χ4v) is 1.77. The molecule has 2 N–H and O–H groups in total. The summed E-state index contributed by atoms with van der Waals surface area (Å²) < 4.78 is 0. The first-order valence-corrected chi connectivity index (χ1v) is 5.63. The van der Waals surface area contributed by atoms with Gasteiger partial charge in [0.25, 0.3) is 0 Å². The molecule has 1 amide bonds. The van der Waals surface area contributed by atoms with Crippen LogP contribution in [0.3, 0.4) is 0 Å². The van der Waals surface area contributed by atoms with Crippen molar-refractivity contribution < 1.29 is 4.79 Å². The van der Waals surface area contributed by atoms with Crippen molar-refractivity contribution in [3.63, 3.8) is 0 Å². The van der Waals surface area contributed by atoms with Crippen molar-refractivity contribution in [3.05, 3.63) is 0 Å². The van der Waals surface area contributed by atoms with Gasteiger partial charge in [0, 0.05) is 12.6 Å². The van der Waals surface area contributed by atoms with Crippen molar-refractivity contribution in [2.24, 2.45) is 5.92 Å². The lowest BCUT2D eigenvalue weighted by Crippen LogP contribution is -2.50. The van der Waals surface area contributed by atoms with Gasteiger partial charge < -0.3 is 10.6 Å². The van der Waals surface area contributed by atoms with Crippen LogP contribution in [0, 0.1) is 5.92 Å². The van der Waals surface area contributed by atoms with Crippen LogP contribution >= 0.6 is 0 Å². The van der Waals surface area contributed by atoms with E-state index in [1.54, 1.807) is 0 Å². The zero-order chi connectivity index (χ0) is 10.6. The summed E-state index contributed by atoms with van der Waals surface area (Å²) in [5, 5.41) is 6.30. The standard InChI is InChI=1S/C11H22N2O/c1-8(2)7-12-11(14)10-6-4-5-9(3)13-10/h8-10,13H,4-7H2,1-3H3,(H,12,14). The van der Waals surface area contributed by atoms with Crippen LogP contribution in [-0.2, 0) is 4.79 Å². The van der Waals surface area contributed by atoms with E-state index in [4.69, 9.17) is 0 Å². The highest BCUT2D eigenvalue weighted by atomic mass is 16.2. The molecule has 2 atom stereocenters. The lowest BCUT2D eigenvalue weighted by Gasteiger charge is -2.28. The molecule has 0 aromatic heterocycles. The molecule has 0 spiro atoms. The van der Waals surface area contributed by atoms with Gasteiger partial charge in [0.2, 0.25) is 5.91 Å². The van der Waals surface area contributed by atoms with Crippen molar-refractivity contribution in [1.29, 1.82) is 0 Å². The van der Waals surface area contributed by atoms with Crippen molar-refractivity contribution in [3.8, 4) is 0 Å². The number of carbonyl (C=O) groups is 1. The minimum atomic E-state index is 0.0394. The summed E-state index contributed by atoms with van der Waals surface area (Å²) in [5.74, 6) is 0.699. The Morgan fingerprint density at radius 2 is 2.21 bits per heavy atom. The summed E-state index contributed by atoms with van der Waals surface area (Å²) >= 11 is 0. The molecule has 0 bridgehead atoms. The monoisotopic (exact) mass is 198 g/mol. The second-order valence-corrected chi connectivity index (χ2v) is 4.69. The first-order valence-electron chi connectivity index (χ1n) is 5.63. The van der Waals surface area contributed by atoms with E-state index in [2.05, 4.69) is 31.4 Å². The van der Waals surface area contributed by atoms with E-state index in [0.717, 1.165) is 19.4 Å². The Labute approximate surface area is 86.6 Å². The van der Waals surface area contributed by atoms with Crippen LogP contribution in [0.15, 0.2) is 0 Å². The third kappa shape index (κ3) is 3.66. The smallest absolute Gasteiger partial charge is 0.237 e. The summed E-state index contributed by atoms with van der Waals surface area (Å²) in [6.45, 7) is 7.14. The fourth-order valence-electron chi connectivity index (χ4n) is 1.77. The van der Waals surface area contributed by atoms with E-state index in [1.807, 2.05) is 0 Å². The van der Waals surface area contributed by atoms with Gasteiger partial charge >= 0.3 is 0 Å². The zero-order valence-corrected chi connectivity index (χ0v) is 9.47. The number of hydrogen-bond donors (Lipinski definition) is 2. The Morgan fingerprint density at radius 1 is 1.50 bits per heavy atom. The van der Waals surface area contributed by atoms with Gasteiger partial charge in [0.05, 0.1) is 6.04 Å². The van der Waals surface area contributed by atoms with Crippen molar-refractivity contribution >= 4 is 5.91 Å². The first kappa shape index (κ1) is 11.5. The van der Waals surface area contributed by atoms with E-state index < -0.39 is 0 Å². The summed E-state index contributed by atoms with van der Waals surface area (Å²) in [4.78, 5) is 11.7. The third-order valence-corrected chi connectivity index (χ3v) is 2.62. The molecule has 82 valence electrons. The van der Waals surface area contributed by atoms with E-state index in [9.17, 15) is 4.79 Å². The van der Waals surface area contributed by atoms with Crippen LogP contribution in [0.5, 0.6) is 0 Å². The molecule has 0 saturated carbocycles. The lowest BCUT2D eigenvalue weighted by atomic mass is 9.99. The predicted octanol–water partition coefficient (Wildman–Crippen LogP) is 1.29. The second-order valence-electron chi connectivity index (χ2n) is 4.69. The Balaban J connectivity index is 2.29. The van der Waals surface area contributed by atoms with Gasteiger partial charge in [-0.25, -0.2) is 0 Å². The lowest BCUT2D eigenvalue weighted by molar-refractivity contribution is -0.124. The fraction of sp³-hybridized carbons (Fsp3) is 0.909. The van der Waals surface area contributed by atoms with Gasteiger partial charge in [-0.1, -0.05) is 13.8 Å². The largest absolute Gasteiger partial charge is 0.354 e. The molecule has 1 aliphatic rings. The molecule has 1 saturated heterocycles. The van der Waals surface area contributed by atoms with Crippen LogP contribution in [0.2, 0.25) is 0 Å². The molecule has 1 heterocycles. The van der Waals surface area contributed by atoms with E-state index in [-0.39, 0.29) is 11.9 Å². The quantitative estimate of drug-likeness (QED) is 0.717. The van der Waals surface area contributed by atoms with Crippen molar-refractivity contribution in [1.82, 2.24) is 10.6 Å². The molecule has 0 aromatic rings. The minimum absolute atomic E-state index is 0.0394. The molecule has 1 aliphatic heterocycles. The van der Waals surface area contributed by atoms with Gasteiger partial charge in [-0.2, -0.15) is 0 Å². The maximum Gasteiger partial charge on any atom is 0.237 e. The predicted molar refractivity (Wildman–Crippen MR) is 58.1 cm³/mol. The van der Waals surface area contributed by atoms with E-state index in [0.29, 0.717) is 12.0 Å². The molecule has 14 heavy (non-hydrogen) atoms. The molecule has 3 heteroatoms. The Kier molecular flexibility index (Phi) is 4.39. The van der Waals surface area contributed by atoms with Gasteiger partial charge in [0.15, 0.2) is 0 Å². The van der Waals surface area contributed by atoms with Crippen LogP contribution in [-0.4, -0.2) is 24.5 Å². The Hall–Kier alpha value is -0.570. The number of amides is 1. The topological polar surface area (TPSA) is 41.1 Å². The maximum absolute atomic E-state index is 11.7. The Morgan fingerprint density at radius 3 is 2.79 bits per heavy atom. The average molecular weight is 198 g/mol. The van der Waals surface area contributed by atoms with Crippen molar-refractivity contribution in [2.45, 2.75) is 52.1 Å². The SMILES string of the molecule is CC(C)CNC(=O)C1CCCC(C)N1. The molecule has 0 aromatic carbocycles. The van der Waals surface area contributed by atoms with Crippen molar-refractivity contribution in [2.75, 3.05) is 6.54 Å².